The molecule has 7 heteroatoms. The first-order chi connectivity index (χ1) is 9.76. The number of H-pyrrole nitrogens is 1. The van der Waals surface area contributed by atoms with Crippen LogP contribution in [0.5, 0.6) is 5.75 Å². The maximum Gasteiger partial charge on any atom is 0.348 e. The first-order valence-corrected chi connectivity index (χ1v) is 6.06. The van der Waals surface area contributed by atoms with Gasteiger partial charge in [-0.3, -0.25) is 0 Å². The van der Waals surface area contributed by atoms with E-state index in [1.54, 1.807) is 13.2 Å². The minimum atomic E-state index is -0.299. The van der Waals surface area contributed by atoms with Gasteiger partial charge in [-0.15, -0.1) is 0 Å². The molecule has 2 aromatic heterocycles. The smallest absolute Gasteiger partial charge is 0.348 e. The largest absolute Gasteiger partial charge is 0.497 e. The summed E-state index contributed by atoms with van der Waals surface area (Å²) >= 11 is 0. The van der Waals surface area contributed by atoms with Gasteiger partial charge in [0.15, 0.2) is 5.65 Å². The molecule has 20 heavy (non-hydrogen) atoms. The maximum atomic E-state index is 11.3. The van der Waals surface area contributed by atoms with Crippen LogP contribution in [0.25, 0.3) is 5.65 Å². The van der Waals surface area contributed by atoms with Gasteiger partial charge in [-0.25, -0.2) is 19.3 Å². The molecule has 0 amide bonds. The van der Waals surface area contributed by atoms with Crippen LogP contribution in [0.1, 0.15) is 5.56 Å². The Labute approximate surface area is 114 Å². The highest BCUT2D eigenvalue weighted by Gasteiger charge is 2.02. The molecule has 0 aliphatic heterocycles. The zero-order valence-electron chi connectivity index (χ0n) is 10.8. The summed E-state index contributed by atoms with van der Waals surface area (Å²) in [7, 11) is 1.64. The molecule has 0 spiro atoms. The van der Waals surface area contributed by atoms with E-state index in [0.717, 1.165) is 11.3 Å². The van der Waals surface area contributed by atoms with Crippen LogP contribution >= 0.6 is 0 Å². The standard InChI is InChI=1S/C13H13N5O2/c1-20-10-4-2-3-9(5-10)7-14-11-6-12-16-17-13(19)18(12)8-15-11/h2-6,8,14H,7H2,1H3,(H,17,19). The van der Waals surface area contributed by atoms with Crippen molar-refractivity contribution < 1.29 is 4.74 Å². The number of rotatable bonds is 4. The number of hydrogen-bond donors (Lipinski definition) is 2. The highest BCUT2D eigenvalue weighted by atomic mass is 16.5. The lowest BCUT2D eigenvalue weighted by molar-refractivity contribution is 0.414. The summed E-state index contributed by atoms with van der Waals surface area (Å²) in [6.07, 6.45) is 1.44. The second kappa shape index (κ2) is 5.04. The lowest BCUT2D eigenvalue weighted by Gasteiger charge is -2.07. The molecule has 2 N–H and O–H groups in total. The van der Waals surface area contributed by atoms with E-state index in [0.29, 0.717) is 18.0 Å². The first-order valence-electron chi connectivity index (χ1n) is 6.06. The van der Waals surface area contributed by atoms with Crippen LogP contribution in [0.3, 0.4) is 0 Å². The average Bonchev–Trinajstić information content (AvgIpc) is 2.86. The molecule has 0 aliphatic rings. The molecule has 0 unspecified atom stereocenters. The summed E-state index contributed by atoms with van der Waals surface area (Å²) in [5.74, 6) is 1.46. The zero-order valence-corrected chi connectivity index (χ0v) is 10.8. The fraction of sp³-hybridized carbons (Fsp3) is 0.154. The van der Waals surface area contributed by atoms with Crippen molar-refractivity contribution in [1.29, 1.82) is 0 Å². The lowest BCUT2D eigenvalue weighted by atomic mass is 10.2. The van der Waals surface area contributed by atoms with E-state index in [9.17, 15) is 4.79 Å². The van der Waals surface area contributed by atoms with Crippen LogP contribution in [-0.4, -0.2) is 26.7 Å². The normalized spacial score (nSPS) is 10.7. The predicted molar refractivity (Wildman–Crippen MR) is 73.9 cm³/mol. The van der Waals surface area contributed by atoms with Crippen LogP contribution in [0, 0.1) is 0 Å². The van der Waals surface area contributed by atoms with E-state index in [1.807, 2.05) is 24.3 Å². The molecule has 0 saturated heterocycles. The molecular formula is C13H13N5O2. The van der Waals surface area contributed by atoms with Crippen molar-refractivity contribution in [1.82, 2.24) is 19.6 Å². The molecule has 0 radical (unpaired) electrons. The number of aromatic nitrogens is 4. The van der Waals surface area contributed by atoms with Crippen LogP contribution in [0.15, 0.2) is 41.5 Å². The molecule has 0 atom stereocenters. The second-order valence-corrected chi connectivity index (χ2v) is 4.24. The lowest BCUT2D eigenvalue weighted by Crippen LogP contribution is -2.10. The molecule has 0 saturated carbocycles. The number of anilines is 1. The fourth-order valence-electron chi connectivity index (χ4n) is 1.88. The Balaban J connectivity index is 1.77. The molecule has 1 aromatic carbocycles. The zero-order chi connectivity index (χ0) is 13.9. The molecule has 0 aliphatic carbocycles. The predicted octanol–water partition coefficient (Wildman–Crippen LogP) is 1.04. The summed E-state index contributed by atoms with van der Waals surface area (Å²) in [6, 6.07) is 9.47. The van der Waals surface area contributed by atoms with Crippen LogP contribution in [0.2, 0.25) is 0 Å². The third-order valence-electron chi connectivity index (χ3n) is 2.92. The monoisotopic (exact) mass is 271 g/mol. The van der Waals surface area contributed by atoms with E-state index < -0.39 is 0 Å². The van der Waals surface area contributed by atoms with Crippen molar-refractivity contribution in [3.05, 3.63) is 52.7 Å². The molecule has 3 aromatic rings. The van der Waals surface area contributed by atoms with Gasteiger partial charge in [-0.1, -0.05) is 12.1 Å². The Morgan fingerprint density at radius 1 is 1.40 bits per heavy atom. The molecular weight excluding hydrogens is 258 g/mol. The molecule has 2 heterocycles. The summed E-state index contributed by atoms with van der Waals surface area (Å²) < 4.78 is 6.52. The number of nitrogens with one attached hydrogen (secondary N) is 2. The number of ether oxygens (including phenoxy) is 1. The molecule has 0 bridgehead atoms. The number of nitrogens with zero attached hydrogens (tertiary/aromatic N) is 3. The van der Waals surface area contributed by atoms with E-state index in [1.165, 1.54) is 10.7 Å². The molecule has 0 fully saturated rings. The Morgan fingerprint density at radius 2 is 2.30 bits per heavy atom. The minimum absolute atomic E-state index is 0.299. The Kier molecular flexibility index (Phi) is 3.08. The average molecular weight is 271 g/mol. The summed E-state index contributed by atoms with van der Waals surface area (Å²) in [6.45, 7) is 0.606. The van der Waals surface area contributed by atoms with Gasteiger partial charge in [0.05, 0.1) is 7.11 Å². The minimum Gasteiger partial charge on any atom is -0.497 e. The van der Waals surface area contributed by atoms with Crippen molar-refractivity contribution in [2.75, 3.05) is 12.4 Å². The summed E-state index contributed by atoms with van der Waals surface area (Å²) in [5, 5.41) is 9.43. The third kappa shape index (κ3) is 2.33. The number of aromatic amines is 1. The van der Waals surface area contributed by atoms with E-state index in [2.05, 4.69) is 20.5 Å². The molecule has 7 nitrogen and oxygen atoms in total. The maximum absolute atomic E-state index is 11.3. The first kappa shape index (κ1) is 12.2. The van der Waals surface area contributed by atoms with Crippen LogP contribution < -0.4 is 15.7 Å². The van der Waals surface area contributed by atoms with Crippen molar-refractivity contribution in [3.8, 4) is 5.75 Å². The van der Waals surface area contributed by atoms with Crippen molar-refractivity contribution in [2.24, 2.45) is 0 Å². The SMILES string of the molecule is COc1cccc(CNc2cc3n[nH]c(=O)n3cn2)c1. The van der Waals surface area contributed by atoms with Gasteiger partial charge in [0.2, 0.25) is 0 Å². The quantitative estimate of drug-likeness (QED) is 0.740. The Morgan fingerprint density at radius 3 is 3.15 bits per heavy atom. The van der Waals surface area contributed by atoms with Crippen molar-refractivity contribution in [2.45, 2.75) is 6.54 Å². The van der Waals surface area contributed by atoms with Gasteiger partial charge in [0.25, 0.3) is 0 Å². The Hall–Kier alpha value is -2.83. The topological polar surface area (TPSA) is 84.3 Å². The Bertz CT molecular complexity index is 793. The highest BCUT2D eigenvalue weighted by Crippen LogP contribution is 2.14. The third-order valence-corrected chi connectivity index (χ3v) is 2.92. The number of fused-ring (bicyclic) bond motifs is 1. The fourth-order valence-corrected chi connectivity index (χ4v) is 1.88. The van der Waals surface area contributed by atoms with Gasteiger partial charge < -0.3 is 10.1 Å². The van der Waals surface area contributed by atoms with E-state index >= 15 is 0 Å². The second-order valence-electron chi connectivity index (χ2n) is 4.24. The van der Waals surface area contributed by atoms with Gasteiger partial charge in [-0.05, 0) is 17.7 Å². The molecule has 102 valence electrons. The summed E-state index contributed by atoms with van der Waals surface area (Å²) in [4.78, 5) is 15.5. The van der Waals surface area contributed by atoms with Gasteiger partial charge >= 0.3 is 5.69 Å². The molecule has 3 rings (SSSR count). The number of benzene rings is 1. The van der Waals surface area contributed by atoms with Gasteiger partial charge in [-0.2, -0.15) is 5.10 Å². The van der Waals surface area contributed by atoms with Crippen molar-refractivity contribution >= 4 is 11.5 Å². The van der Waals surface area contributed by atoms with Crippen LogP contribution in [-0.2, 0) is 6.54 Å². The van der Waals surface area contributed by atoms with Gasteiger partial charge in [0.1, 0.15) is 17.9 Å². The van der Waals surface area contributed by atoms with Crippen LogP contribution in [0.4, 0.5) is 5.82 Å². The van der Waals surface area contributed by atoms with Gasteiger partial charge in [0, 0.05) is 12.6 Å². The van der Waals surface area contributed by atoms with Crippen molar-refractivity contribution in [3.63, 3.8) is 0 Å². The van der Waals surface area contributed by atoms with E-state index in [4.69, 9.17) is 4.74 Å². The summed E-state index contributed by atoms with van der Waals surface area (Å²) in [5.41, 5.74) is 1.30. The van der Waals surface area contributed by atoms with E-state index in [-0.39, 0.29) is 5.69 Å². The number of methoxy groups -OCH3 is 1. The highest BCUT2D eigenvalue weighted by molar-refractivity contribution is 5.48. The number of hydrogen-bond acceptors (Lipinski definition) is 5.